The molecule has 0 saturated carbocycles. The zero-order valence-electron chi connectivity index (χ0n) is 6.36. The van der Waals surface area contributed by atoms with Gasteiger partial charge in [-0.05, 0) is 32.6 Å². The highest BCUT2D eigenvalue weighted by atomic mass is 127. The first-order chi connectivity index (χ1) is 5.20. The van der Waals surface area contributed by atoms with E-state index in [0.717, 1.165) is 15.3 Å². The smallest absolute Gasteiger partial charge is 0.224 e. The van der Waals surface area contributed by atoms with E-state index in [0.29, 0.717) is 6.42 Å². The number of rotatable bonds is 4. The Bertz CT molecular complexity index is 159. The number of hydrogen-bond acceptors (Lipinski definition) is 1. The average molecular weight is 332 g/mol. The summed E-state index contributed by atoms with van der Waals surface area (Å²) in [5.74, 6) is 0.0697. The first-order valence-corrected chi connectivity index (χ1v) is 5.51. The summed E-state index contributed by atoms with van der Waals surface area (Å²) in [5, 5.41) is 3.53. The maximum Gasteiger partial charge on any atom is 0.224 e. The Morgan fingerprint density at radius 2 is 2.36 bits per heavy atom. The Hall–Kier alpha value is 0.420. The van der Waals surface area contributed by atoms with Gasteiger partial charge in [-0.3, -0.25) is 4.79 Å². The van der Waals surface area contributed by atoms with Gasteiger partial charge in [0.2, 0.25) is 5.91 Å². The third kappa shape index (κ3) is 6.80. The van der Waals surface area contributed by atoms with E-state index >= 15 is 0 Å². The van der Waals surface area contributed by atoms with Gasteiger partial charge in [-0.2, -0.15) is 0 Å². The van der Waals surface area contributed by atoms with Crippen LogP contribution in [0.15, 0.2) is 9.66 Å². The second-order valence-electron chi connectivity index (χ2n) is 1.98. The first kappa shape index (κ1) is 11.4. The molecule has 0 aromatic carbocycles. The van der Waals surface area contributed by atoms with Crippen LogP contribution in [0.3, 0.4) is 0 Å². The van der Waals surface area contributed by atoms with Crippen LogP contribution in [0.2, 0.25) is 0 Å². The molecule has 1 N–H and O–H groups in total. The van der Waals surface area contributed by atoms with Gasteiger partial charge in [0.05, 0.1) is 6.42 Å². The molecule has 64 valence electrons. The van der Waals surface area contributed by atoms with Gasteiger partial charge in [0.25, 0.3) is 0 Å². The van der Waals surface area contributed by atoms with E-state index in [-0.39, 0.29) is 5.91 Å². The molecule has 0 aliphatic heterocycles. The summed E-state index contributed by atoms with van der Waals surface area (Å²) in [7, 11) is 1.65. The zero-order chi connectivity index (χ0) is 8.69. The van der Waals surface area contributed by atoms with Crippen molar-refractivity contribution in [2.45, 2.75) is 12.8 Å². The van der Waals surface area contributed by atoms with Gasteiger partial charge in [-0.1, -0.05) is 22.0 Å². The summed E-state index contributed by atoms with van der Waals surface area (Å²) >= 11 is 5.50. The molecule has 0 bridgehead atoms. The average Bonchev–Trinajstić information content (AvgIpc) is 2.00. The van der Waals surface area contributed by atoms with Gasteiger partial charge >= 0.3 is 0 Å². The molecular formula is C7H11BrINO. The monoisotopic (exact) mass is 331 g/mol. The lowest BCUT2D eigenvalue weighted by Crippen LogP contribution is -2.16. The molecular weight excluding hydrogens is 321 g/mol. The normalized spacial score (nSPS) is 11.4. The SMILES string of the molecule is CNC(=O)CC(I)=CCCBr. The quantitative estimate of drug-likeness (QED) is 0.621. The minimum absolute atomic E-state index is 0.0697. The Labute approximate surface area is 89.1 Å². The van der Waals surface area contributed by atoms with E-state index in [4.69, 9.17) is 0 Å². The summed E-state index contributed by atoms with van der Waals surface area (Å²) in [6.07, 6.45) is 3.55. The number of amides is 1. The number of halogens is 2. The van der Waals surface area contributed by atoms with Crippen molar-refractivity contribution in [3.63, 3.8) is 0 Å². The molecule has 0 aromatic rings. The van der Waals surface area contributed by atoms with E-state index in [1.807, 2.05) is 0 Å². The molecule has 2 nitrogen and oxygen atoms in total. The standard InChI is InChI=1S/C7H11BrINO/c1-10-7(11)5-6(9)3-2-4-8/h3H,2,4-5H2,1H3,(H,10,11). The highest BCUT2D eigenvalue weighted by molar-refractivity contribution is 14.1. The lowest BCUT2D eigenvalue weighted by atomic mass is 10.3. The molecule has 0 aliphatic rings. The summed E-state index contributed by atoms with van der Waals surface area (Å²) in [6.45, 7) is 0. The van der Waals surface area contributed by atoms with Crippen LogP contribution in [-0.2, 0) is 4.79 Å². The summed E-state index contributed by atoms with van der Waals surface area (Å²) in [5.41, 5.74) is 0. The maximum atomic E-state index is 10.8. The van der Waals surface area contributed by atoms with Crippen molar-refractivity contribution in [3.05, 3.63) is 9.66 Å². The van der Waals surface area contributed by atoms with Crippen molar-refractivity contribution >= 4 is 44.4 Å². The van der Waals surface area contributed by atoms with Gasteiger partial charge in [-0.15, -0.1) is 0 Å². The Morgan fingerprint density at radius 3 is 2.82 bits per heavy atom. The van der Waals surface area contributed by atoms with Crippen molar-refractivity contribution in [3.8, 4) is 0 Å². The Kier molecular flexibility index (Phi) is 7.36. The molecule has 1 amide bonds. The minimum atomic E-state index is 0.0697. The van der Waals surface area contributed by atoms with Gasteiger partial charge in [0, 0.05) is 12.4 Å². The fourth-order valence-corrected chi connectivity index (χ4v) is 1.41. The second-order valence-corrected chi connectivity index (χ2v) is 4.16. The van der Waals surface area contributed by atoms with E-state index in [1.165, 1.54) is 0 Å². The van der Waals surface area contributed by atoms with Crippen LogP contribution in [0.5, 0.6) is 0 Å². The fraction of sp³-hybridized carbons (Fsp3) is 0.571. The summed E-state index contributed by atoms with van der Waals surface area (Å²) < 4.78 is 1.10. The van der Waals surface area contributed by atoms with Gasteiger partial charge < -0.3 is 5.32 Å². The van der Waals surface area contributed by atoms with E-state index in [1.54, 1.807) is 7.05 Å². The van der Waals surface area contributed by atoms with Crippen molar-refractivity contribution in [1.29, 1.82) is 0 Å². The number of carbonyl (C=O) groups excluding carboxylic acids is 1. The van der Waals surface area contributed by atoms with E-state index in [9.17, 15) is 4.79 Å². The Morgan fingerprint density at radius 1 is 1.73 bits per heavy atom. The van der Waals surface area contributed by atoms with E-state index in [2.05, 4.69) is 49.9 Å². The molecule has 4 heteroatoms. The Balaban J connectivity index is 3.66. The number of hydrogen-bond donors (Lipinski definition) is 1. The maximum absolute atomic E-state index is 10.8. The van der Waals surface area contributed by atoms with Crippen LogP contribution in [-0.4, -0.2) is 18.3 Å². The van der Waals surface area contributed by atoms with Crippen LogP contribution >= 0.6 is 38.5 Å². The molecule has 0 saturated heterocycles. The number of carbonyl (C=O) groups is 1. The predicted octanol–water partition coefficient (Wildman–Crippen LogP) is 2.23. The van der Waals surface area contributed by atoms with Crippen LogP contribution in [0, 0.1) is 0 Å². The third-order valence-electron chi connectivity index (χ3n) is 1.08. The lowest BCUT2D eigenvalue weighted by Gasteiger charge is -1.97. The lowest BCUT2D eigenvalue weighted by molar-refractivity contribution is -0.119. The summed E-state index contributed by atoms with van der Waals surface area (Å²) in [4.78, 5) is 10.8. The van der Waals surface area contributed by atoms with E-state index < -0.39 is 0 Å². The molecule has 0 rings (SSSR count). The van der Waals surface area contributed by atoms with Gasteiger partial charge in [-0.25, -0.2) is 0 Å². The van der Waals surface area contributed by atoms with Crippen molar-refractivity contribution < 1.29 is 4.79 Å². The van der Waals surface area contributed by atoms with Crippen molar-refractivity contribution in [2.75, 3.05) is 12.4 Å². The number of alkyl halides is 1. The molecule has 0 spiro atoms. The molecule has 0 heterocycles. The van der Waals surface area contributed by atoms with Gasteiger partial charge in [0.1, 0.15) is 0 Å². The third-order valence-corrected chi connectivity index (χ3v) is 2.36. The molecule has 0 unspecified atom stereocenters. The van der Waals surface area contributed by atoms with Gasteiger partial charge in [0.15, 0.2) is 0 Å². The molecule has 0 fully saturated rings. The highest BCUT2D eigenvalue weighted by Gasteiger charge is 1.98. The fourth-order valence-electron chi connectivity index (χ4n) is 0.525. The topological polar surface area (TPSA) is 29.1 Å². The van der Waals surface area contributed by atoms with Crippen LogP contribution < -0.4 is 5.32 Å². The van der Waals surface area contributed by atoms with Crippen molar-refractivity contribution in [1.82, 2.24) is 5.32 Å². The minimum Gasteiger partial charge on any atom is -0.359 e. The summed E-state index contributed by atoms with van der Waals surface area (Å²) in [6, 6.07) is 0. The molecule has 0 atom stereocenters. The number of allylic oxidation sites excluding steroid dienone is 1. The highest BCUT2D eigenvalue weighted by Crippen LogP contribution is 2.11. The number of nitrogens with one attached hydrogen (secondary N) is 1. The van der Waals surface area contributed by atoms with Crippen LogP contribution in [0.4, 0.5) is 0 Å². The van der Waals surface area contributed by atoms with Crippen molar-refractivity contribution in [2.24, 2.45) is 0 Å². The molecule has 0 aliphatic carbocycles. The zero-order valence-corrected chi connectivity index (χ0v) is 10.1. The largest absolute Gasteiger partial charge is 0.359 e. The second kappa shape index (κ2) is 7.09. The first-order valence-electron chi connectivity index (χ1n) is 3.31. The molecule has 0 aromatic heterocycles. The molecule has 0 radical (unpaired) electrons. The molecule has 11 heavy (non-hydrogen) atoms. The van der Waals surface area contributed by atoms with Crippen LogP contribution in [0.1, 0.15) is 12.8 Å². The predicted molar refractivity (Wildman–Crippen MR) is 59.2 cm³/mol. The van der Waals surface area contributed by atoms with Crippen LogP contribution in [0.25, 0.3) is 0 Å².